The predicted octanol–water partition coefficient (Wildman–Crippen LogP) is 1.73. The fourth-order valence-electron chi connectivity index (χ4n) is 2.25. The van der Waals surface area contributed by atoms with Crippen LogP contribution < -0.4 is 4.74 Å². The Kier molecular flexibility index (Phi) is 11.3. The Hall–Kier alpha value is -2.25. The molecule has 0 saturated carbocycles. The van der Waals surface area contributed by atoms with Gasteiger partial charge in [-0.05, 0) is 18.6 Å². The highest BCUT2D eigenvalue weighted by molar-refractivity contribution is 7.91. The van der Waals surface area contributed by atoms with Crippen molar-refractivity contribution >= 4 is 9.84 Å². The van der Waals surface area contributed by atoms with Crippen molar-refractivity contribution in [3.63, 3.8) is 0 Å². The Morgan fingerprint density at radius 2 is 1.33 bits per heavy atom. The van der Waals surface area contributed by atoms with Crippen LogP contribution in [0.2, 0.25) is 0 Å². The Balaban J connectivity index is 0.000000311. The molecule has 0 bridgehead atoms. The minimum atomic E-state index is -3.42. The zero-order valence-corrected chi connectivity index (χ0v) is 18.7. The molecule has 0 saturated heterocycles. The quantitative estimate of drug-likeness (QED) is 0.392. The Morgan fingerprint density at radius 3 is 1.80 bits per heavy atom. The van der Waals surface area contributed by atoms with Gasteiger partial charge in [0, 0.05) is 40.8 Å². The molecule has 2 aromatic rings. The van der Waals surface area contributed by atoms with Crippen molar-refractivity contribution in [2.75, 3.05) is 41.3 Å². The SMILES string of the molecule is CCCS(=O)(=O)c1nccc(C(OC)OC)n1.COc1nccc(C(OC)OC)n1. The van der Waals surface area contributed by atoms with Gasteiger partial charge in [-0.1, -0.05) is 6.92 Å². The van der Waals surface area contributed by atoms with Crippen LogP contribution in [0, 0.1) is 0 Å². The molecule has 0 amide bonds. The molecular weight excluding hydrogens is 416 g/mol. The van der Waals surface area contributed by atoms with Gasteiger partial charge in [0.05, 0.1) is 12.9 Å². The monoisotopic (exact) mass is 444 g/mol. The highest BCUT2D eigenvalue weighted by atomic mass is 32.2. The normalized spacial score (nSPS) is 11.3. The molecule has 0 fully saturated rings. The van der Waals surface area contributed by atoms with E-state index >= 15 is 0 Å². The molecule has 0 aliphatic rings. The van der Waals surface area contributed by atoms with Gasteiger partial charge in [0.2, 0.25) is 27.6 Å². The van der Waals surface area contributed by atoms with E-state index in [-0.39, 0.29) is 10.9 Å². The summed E-state index contributed by atoms with van der Waals surface area (Å²) >= 11 is 0. The van der Waals surface area contributed by atoms with E-state index in [1.807, 2.05) is 0 Å². The van der Waals surface area contributed by atoms with Crippen LogP contribution in [0.25, 0.3) is 0 Å². The van der Waals surface area contributed by atoms with E-state index in [9.17, 15) is 8.42 Å². The van der Waals surface area contributed by atoms with Gasteiger partial charge in [-0.15, -0.1) is 0 Å². The summed E-state index contributed by atoms with van der Waals surface area (Å²) in [6.45, 7) is 1.79. The van der Waals surface area contributed by atoms with E-state index in [1.54, 1.807) is 39.5 Å². The van der Waals surface area contributed by atoms with Crippen molar-refractivity contribution in [1.29, 1.82) is 0 Å². The molecule has 2 heterocycles. The summed E-state index contributed by atoms with van der Waals surface area (Å²) in [5.41, 5.74) is 1.02. The van der Waals surface area contributed by atoms with E-state index in [0.717, 1.165) is 0 Å². The number of methoxy groups -OCH3 is 5. The minimum Gasteiger partial charge on any atom is -0.467 e. The molecule has 12 heteroatoms. The zero-order valence-electron chi connectivity index (χ0n) is 17.9. The molecule has 0 aromatic carbocycles. The summed E-state index contributed by atoms with van der Waals surface area (Å²) in [5, 5.41) is -0.184. The number of aromatic nitrogens is 4. The Morgan fingerprint density at radius 1 is 0.833 bits per heavy atom. The molecular formula is C18H28N4O7S. The third kappa shape index (κ3) is 7.54. The van der Waals surface area contributed by atoms with Crippen molar-refractivity contribution < 1.29 is 32.1 Å². The molecule has 0 N–H and O–H groups in total. The lowest BCUT2D eigenvalue weighted by Gasteiger charge is -2.12. The van der Waals surface area contributed by atoms with Crippen LogP contribution >= 0.6 is 0 Å². The number of ether oxygens (including phenoxy) is 5. The average molecular weight is 445 g/mol. The second-order valence-electron chi connectivity index (χ2n) is 5.66. The maximum Gasteiger partial charge on any atom is 0.316 e. The third-order valence-electron chi connectivity index (χ3n) is 3.58. The lowest BCUT2D eigenvalue weighted by molar-refractivity contribution is -0.109. The highest BCUT2D eigenvalue weighted by Gasteiger charge is 2.19. The van der Waals surface area contributed by atoms with E-state index < -0.39 is 22.4 Å². The second kappa shape index (κ2) is 13.1. The van der Waals surface area contributed by atoms with Gasteiger partial charge >= 0.3 is 6.01 Å². The molecule has 30 heavy (non-hydrogen) atoms. The first-order valence-electron chi connectivity index (χ1n) is 8.90. The summed E-state index contributed by atoms with van der Waals surface area (Å²) in [4.78, 5) is 15.6. The number of rotatable bonds is 10. The number of sulfone groups is 1. The van der Waals surface area contributed by atoms with E-state index in [4.69, 9.17) is 23.7 Å². The number of nitrogens with zero attached hydrogens (tertiary/aromatic N) is 4. The second-order valence-corrected chi connectivity index (χ2v) is 7.66. The van der Waals surface area contributed by atoms with Gasteiger partial charge in [0.1, 0.15) is 11.4 Å². The third-order valence-corrected chi connectivity index (χ3v) is 5.28. The van der Waals surface area contributed by atoms with Crippen LogP contribution in [0.3, 0.4) is 0 Å². The first-order valence-corrected chi connectivity index (χ1v) is 10.6. The maximum atomic E-state index is 11.8. The standard InChI is InChI=1S/C10H16N2O4S.C8H12N2O3/c1-4-7-17(13,14)10-11-6-5-8(12-10)9(15-2)16-3;1-11-7(12-2)6-4-5-9-8(10-6)13-3/h5-6,9H,4,7H2,1-3H3;4-5,7H,1-3H3. The van der Waals surface area contributed by atoms with Crippen LogP contribution in [0.1, 0.15) is 37.3 Å². The van der Waals surface area contributed by atoms with Crippen LogP contribution in [0.5, 0.6) is 6.01 Å². The largest absolute Gasteiger partial charge is 0.467 e. The lowest BCUT2D eigenvalue weighted by atomic mass is 10.4. The van der Waals surface area contributed by atoms with Crippen LogP contribution in [-0.4, -0.2) is 69.7 Å². The first kappa shape index (κ1) is 25.8. The molecule has 11 nitrogen and oxygen atoms in total. The van der Waals surface area contributed by atoms with E-state index in [2.05, 4.69) is 19.9 Å². The number of hydrogen-bond acceptors (Lipinski definition) is 11. The Labute approximate surface area is 176 Å². The smallest absolute Gasteiger partial charge is 0.316 e. The molecule has 2 aromatic heterocycles. The van der Waals surface area contributed by atoms with Gasteiger partial charge in [-0.25, -0.2) is 23.4 Å². The summed E-state index contributed by atoms with van der Waals surface area (Å²) in [6, 6.07) is 3.57. The van der Waals surface area contributed by atoms with Gasteiger partial charge in [-0.3, -0.25) is 0 Å². The first-order chi connectivity index (χ1) is 14.4. The van der Waals surface area contributed by atoms with Crippen molar-refractivity contribution in [2.45, 2.75) is 31.1 Å². The summed E-state index contributed by atoms with van der Waals surface area (Å²) < 4.78 is 48.5. The van der Waals surface area contributed by atoms with Gasteiger partial charge < -0.3 is 23.7 Å². The molecule has 0 radical (unpaired) electrons. The summed E-state index contributed by atoms with van der Waals surface area (Å²) in [7, 11) is 4.09. The zero-order chi connectivity index (χ0) is 22.6. The van der Waals surface area contributed by atoms with Crippen molar-refractivity contribution in [1.82, 2.24) is 19.9 Å². The topological polar surface area (TPSA) is 132 Å². The average Bonchev–Trinajstić information content (AvgIpc) is 2.76. The fraction of sp³-hybridized carbons (Fsp3) is 0.556. The Bertz CT molecular complexity index is 859. The molecule has 2 rings (SSSR count). The maximum absolute atomic E-state index is 11.8. The number of hydrogen-bond donors (Lipinski definition) is 0. The van der Waals surface area contributed by atoms with Gasteiger partial charge in [0.25, 0.3) is 0 Å². The van der Waals surface area contributed by atoms with Crippen molar-refractivity contribution in [3.05, 3.63) is 35.9 Å². The summed E-state index contributed by atoms with van der Waals surface area (Å²) in [6.07, 6.45) is 2.33. The predicted molar refractivity (Wildman–Crippen MR) is 106 cm³/mol. The van der Waals surface area contributed by atoms with Crippen LogP contribution in [0.4, 0.5) is 0 Å². The minimum absolute atomic E-state index is 0.0289. The van der Waals surface area contributed by atoms with E-state index in [0.29, 0.717) is 23.8 Å². The molecule has 0 aliphatic heterocycles. The van der Waals surface area contributed by atoms with Gasteiger partial charge in [0.15, 0.2) is 0 Å². The van der Waals surface area contributed by atoms with E-state index in [1.165, 1.54) is 27.5 Å². The highest BCUT2D eigenvalue weighted by Crippen LogP contribution is 2.16. The van der Waals surface area contributed by atoms with Crippen molar-refractivity contribution in [3.8, 4) is 6.01 Å². The summed E-state index contributed by atoms with van der Waals surface area (Å²) in [5.74, 6) is 0.0289. The molecule has 0 atom stereocenters. The molecule has 0 aliphatic carbocycles. The van der Waals surface area contributed by atoms with Crippen LogP contribution in [0.15, 0.2) is 29.7 Å². The molecule has 0 unspecified atom stereocenters. The fourth-order valence-corrected chi connectivity index (χ4v) is 3.44. The molecule has 0 spiro atoms. The van der Waals surface area contributed by atoms with Crippen LogP contribution in [-0.2, 0) is 28.8 Å². The molecule has 168 valence electrons. The van der Waals surface area contributed by atoms with Gasteiger partial charge in [-0.2, -0.15) is 4.98 Å². The lowest BCUT2D eigenvalue weighted by Crippen LogP contribution is -2.14. The van der Waals surface area contributed by atoms with Crippen molar-refractivity contribution in [2.24, 2.45) is 0 Å².